The van der Waals surface area contributed by atoms with Gasteiger partial charge in [0.15, 0.2) is 5.96 Å². The maximum Gasteiger partial charge on any atom is 0.193 e. The third kappa shape index (κ3) is 2.46. The van der Waals surface area contributed by atoms with Crippen LogP contribution in [0.4, 0.5) is 0 Å². The van der Waals surface area contributed by atoms with Crippen molar-refractivity contribution in [2.45, 2.75) is 31.1 Å². The van der Waals surface area contributed by atoms with E-state index in [-0.39, 0.29) is 0 Å². The highest BCUT2D eigenvalue weighted by Crippen LogP contribution is 2.40. The van der Waals surface area contributed by atoms with Crippen LogP contribution in [0.1, 0.15) is 31.2 Å². The van der Waals surface area contributed by atoms with Crippen molar-refractivity contribution in [2.75, 3.05) is 26.7 Å². The van der Waals surface area contributed by atoms with Crippen LogP contribution >= 0.6 is 0 Å². The molecule has 0 atom stereocenters. The number of nitrogens with one attached hydrogen (secondary N) is 1. The maximum atomic E-state index is 4.53. The van der Waals surface area contributed by atoms with Crippen LogP contribution in [0.3, 0.4) is 0 Å². The third-order valence-corrected chi connectivity index (χ3v) is 4.59. The van der Waals surface area contributed by atoms with Crippen LogP contribution in [0.2, 0.25) is 0 Å². The average Bonchev–Trinajstić information content (AvgIpc) is 3.07. The topological polar surface area (TPSA) is 27.6 Å². The number of nitrogens with zero attached hydrogens (tertiary/aromatic N) is 2. The lowest BCUT2D eigenvalue weighted by Gasteiger charge is -2.31. The van der Waals surface area contributed by atoms with E-state index in [2.05, 4.69) is 52.6 Å². The lowest BCUT2D eigenvalue weighted by molar-refractivity contribution is 0.422. The van der Waals surface area contributed by atoms with Crippen molar-refractivity contribution in [1.82, 2.24) is 10.2 Å². The molecule has 3 rings (SSSR count). The van der Waals surface area contributed by atoms with Gasteiger partial charge in [-0.2, -0.15) is 0 Å². The van der Waals surface area contributed by atoms with Gasteiger partial charge in [0.25, 0.3) is 0 Å². The number of hydrogen-bond acceptors (Lipinski definition) is 3. The minimum absolute atomic E-state index is 0.313. The minimum atomic E-state index is 0.313. The Hall–Kier alpha value is -1.51. The summed E-state index contributed by atoms with van der Waals surface area (Å²) < 4.78 is 0. The molecule has 0 radical (unpaired) electrons. The number of hydrogen-bond donors (Lipinski definition) is 1. The van der Waals surface area contributed by atoms with Gasteiger partial charge in [0.05, 0.1) is 6.54 Å². The highest BCUT2D eigenvalue weighted by molar-refractivity contribution is 5.81. The van der Waals surface area contributed by atoms with Crippen molar-refractivity contribution in [3.63, 3.8) is 0 Å². The second-order valence-electron chi connectivity index (χ2n) is 5.83. The Morgan fingerprint density at radius 3 is 2.58 bits per heavy atom. The summed E-state index contributed by atoms with van der Waals surface area (Å²) in [4.78, 5) is 6.75. The largest absolute Gasteiger partial charge is 0.355 e. The molecule has 0 aromatic heterocycles. The minimum Gasteiger partial charge on any atom is -0.355 e. The summed E-state index contributed by atoms with van der Waals surface area (Å²) in [6.07, 6.45) is 5.28. The summed E-state index contributed by atoms with van der Waals surface area (Å²) in [5.41, 5.74) is 1.80. The molecule has 1 aromatic carbocycles. The number of aliphatic imine (C=N–C) groups is 1. The molecule has 1 saturated carbocycles. The Morgan fingerprint density at radius 2 is 1.95 bits per heavy atom. The number of likely N-dealkylation sites (N-methyl/N-ethyl adjacent to an activating group) is 1. The molecule has 19 heavy (non-hydrogen) atoms. The standard InChI is InChI=1S/C16H23N3/c1-19-12-11-17-15(19)18-13-16(9-5-6-10-16)14-7-3-2-4-8-14/h2-4,7-8H,5-6,9-13H2,1H3,(H,17,18). The van der Waals surface area contributed by atoms with Crippen molar-refractivity contribution in [2.24, 2.45) is 4.99 Å². The molecule has 0 unspecified atom stereocenters. The molecule has 1 aliphatic carbocycles. The fraction of sp³-hybridized carbons (Fsp3) is 0.562. The molecule has 102 valence electrons. The summed E-state index contributed by atoms with van der Waals surface area (Å²) in [5, 5.41) is 3.59. The molecular formula is C16H23N3. The van der Waals surface area contributed by atoms with Crippen LogP contribution in [-0.4, -0.2) is 37.5 Å². The Balaban J connectivity index is 1.74. The first kappa shape index (κ1) is 12.5. The number of rotatable bonds is 3. The smallest absolute Gasteiger partial charge is 0.193 e. The zero-order chi connectivity index (χ0) is 13.1. The molecule has 0 spiro atoms. The predicted molar refractivity (Wildman–Crippen MR) is 79.5 cm³/mol. The Bertz CT molecular complexity index is 446. The summed E-state index contributed by atoms with van der Waals surface area (Å²) in [6.45, 7) is 2.98. The summed E-state index contributed by atoms with van der Waals surface area (Å²) in [6, 6.07) is 11.0. The van der Waals surface area contributed by atoms with Crippen LogP contribution < -0.4 is 5.32 Å². The first-order valence-corrected chi connectivity index (χ1v) is 7.35. The molecule has 0 saturated heterocycles. The van der Waals surface area contributed by atoms with E-state index in [1.807, 2.05) is 0 Å². The van der Waals surface area contributed by atoms with Crippen LogP contribution in [0, 0.1) is 0 Å². The highest BCUT2D eigenvalue weighted by Gasteiger charge is 2.35. The van der Waals surface area contributed by atoms with E-state index in [1.54, 1.807) is 0 Å². The highest BCUT2D eigenvalue weighted by atomic mass is 15.3. The van der Waals surface area contributed by atoms with Gasteiger partial charge in [-0.3, -0.25) is 4.99 Å². The lowest BCUT2D eigenvalue weighted by atomic mass is 9.79. The summed E-state index contributed by atoms with van der Waals surface area (Å²) in [7, 11) is 2.11. The molecule has 1 N–H and O–H groups in total. The second-order valence-corrected chi connectivity index (χ2v) is 5.83. The second kappa shape index (κ2) is 5.24. The fourth-order valence-corrected chi connectivity index (χ4v) is 3.38. The molecule has 1 aliphatic heterocycles. The maximum absolute atomic E-state index is 4.53. The van der Waals surface area contributed by atoms with Crippen LogP contribution in [0.25, 0.3) is 0 Å². The van der Waals surface area contributed by atoms with Gasteiger partial charge in [0, 0.05) is 25.6 Å². The van der Waals surface area contributed by atoms with Gasteiger partial charge in [0.1, 0.15) is 0 Å². The van der Waals surface area contributed by atoms with Crippen LogP contribution in [-0.2, 0) is 5.41 Å². The molecule has 3 heteroatoms. The molecule has 1 fully saturated rings. The lowest BCUT2D eigenvalue weighted by Crippen LogP contribution is -2.43. The number of guanidine groups is 1. The van der Waals surface area contributed by atoms with E-state index in [1.165, 1.54) is 31.2 Å². The molecule has 0 bridgehead atoms. The van der Waals surface area contributed by atoms with E-state index in [4.69, 9.17) is 0 Å². The van der Waals surface area contributed by atoms with E-state index in [0.29, 0.717) is 5.41 Å². The normalized spacial score (nSPS) is 21.5. The third-order valence-electron chi connectivity index (χ3n) is 4.59. The summed E-state index contributed by atoms with van der Waals surface area (Å²) >= 11 is 0. The molecule has 0 amide bonds. The zero-order valence-electron chi connectivity index (χ0n) is 11.7. The quantitative estimate of drug-likeness (QED) is 0.900. The van der Waals surface area contributed by atoms with Gasteiger partial charge in [-0.1, -0.05) is 43.2 Å². The van der Waals surface area contributed by atoms with Crippen molar-refractivity contribution in [3.05, 3.63) is 35.9 Å². The van der Waals surface area contributed by atoms with Crippen LogP contribution in [0.5, 0.6) is 0 Å². The predicted octanol–water partition coefficient (Wildman–Crippen LogP) is 2.39. The van der Waals surface area contributed by atoms with E-state index in [0.717, 1.165) is 25.6 Å². The van der Waals surface area contributed by atoms with Crippen LogP contribution in [0.15, 0.2) is 35.3 Å². The van der Waals surface area contributed by atoms with Gasteiger partial charge in [0.2, 0.25) is 0 Å². The Labute approximate surface area is 115 Å². The molecule has 3 nitrogen and oxygen atoms in total. The fourth-order valence-electron chi connectivity index (χ4n) is 3.38. The van der Waals surface area contributed by atoms with Crippen molar-refractivity contribution in [3.8, 4) is 0 Å². The Morgan fingerprint density at radius 1 is 1.21 bits per heavy atom. The Kier molecular flexibility index (Phi) is 3.45. The van der Waals surface area contributed by atoms with E-state index < -0.39 is 0 Å². The first-order valence-electron chi connectivity index (χ1n) is 7.35. The monoisotopic (exact) mass is 257 g/mol. The van der Waals surface area contributed by atoms with Gasteiger partial charge in [-0.15, -0.1) is 0 Å². The van der Waals surface area contributed by atoms with Gasteiger partial charge in [-0.25, -0.2) is 0 Å². The van der Waals surface area contributed by atoms with Crippen molar-refractivity contribution < 1.29 is 0 Å². The molecule has 1 aromatic rings. The SMILES string of the molecule is CN1CCN=C1NCC1(c2ccccc2)CCCC1. The van der Waals surface area contributed by atoms with Crippen molar-refractivity contribution in [1.29, 1.82) is 0 Å². The van der Waals surface area contributed by atoms with Crippen molar-refractivity contribution >= 4 is 5.96 Å². The van der Waals surface area contributed by atoms with Gasteiger partial charge >= 0.3 is 0 Å². The van der Waals surface area contributed by atoms with E-state index in [9.17, 15) is 0 Å². The average molecular weight is 257 g/mol. The molecule has 1 heterocycles. The molecular weight excluding hydrogens is 234 g/mol. The van der Waals surface area contributed by atoms with Gasteiger partial charge in [-0.05, 0) is 18.4 Å². The zero-order valence-corrected chi connectivity index (χ0v) is 11.7. The molecule has 2 aliphatic rings. The first-order chi connectivity index (χ1) is 9.30. The summed E-state index contributed by atoms with van der Waals surface area (Å²) in [5.74, 6) is 1.07. The van der Waals surface area contributed by atoms with E-state index >= 15 is 0 Å². The van der Waals surface area contributed by atoms with Gasteiger partial charge < -0.3 is 10.2 Å². The number of benzene rings is 1.